The first-order valence-corrected chi connectivity index (χ1v) is 5.82. The lowest BCUT2D eigenvalue weighted by atomic mass is 10.1. The highest BCUT2D eigenvalue weighted by Gasteiger charge is 2.13. The van der Waals surface area contributed by atoms with Crippen LogP contribution in [0.2, 0.25) is 0 Å². The van der Waals surface area contributed by atoms with Crippen LogP contribution in [0.3, 0.4) is 0 Å². The number of hydrogen-bond donors (Lipinski definition) is 2. The Bertz CT molecular complexity index is 569. The van der Waals surface area contributed by atoms with E-state index in [2.05, 4.69) is 10.3 Å². The Kier molecular flexibility index (Phi) is 4.04. The Labute approximate surface area is 110 Å². The number of aromatic nitrogens is 1. The highest BCUT2D eigenvalue weighted by atomic mass is 16.6. The molecule has 0 saturated carbocycles. The number of benzene rings is 1. The van der Waals surface area contributed by atoms with Gasteiger partial charge < -0.3 is 21.2 Å². The van der Waals surface area contributed by atoms with E-state index >= 15 is 0 Å². The van der Waals surface area contributed by atoms with Crippen LogP contribution in [-0.4, -0.2) is 9.91 Å². The van der Waals surface area contributed by atoms with E-state index in [-0.39, 0.29) is 5.82 Å². The van der Waals surface area contributed by atoms with Crippen LogP contribution in [0.4, 0.5) is 11.5 Å². The SMILES string of the molecule is NCc1ccc(CNc2cccnc2[N+](=O)[O-])cc1. The average molecular weight is 258 g/mol. The number of nitro groups is 1. The smallest absolute Gasteiger partial charge is 0.374 e. The van der Waals surface area contributed by atoms with Crippen molar-refractivity contribution in [3.05, 3.63) is 63.8 Å². The lowest BCUT2D eigenvalue weighted by Crippen LogP contribution is -2.04. The van der Waals surface area contributed by atoms with Gasteiger partial charge in [-0.05, 0) is 33.2 Å². The van der Waals surface area contributed by atoms with Crippen molar-refractivity contribution in [2.24, 2.45) is 5.73 Å². The van der Waals surface area contributed by atoms with Gasteiger partial charge >= 0.3 is 5.82 Å². The third-order valence-corrected chi connectivity index (χ3v) is 2.70. The van der Waals surface area contributed by atoms with Gasteiger partial charge in [-0.15, -0.1) is 0 Å². The third-order valence-electron chi connectivity index (χ3n) is 2.70. The minimum absolute atomic E-state index is 0.166. The number of nitrogens with one attached hydrogen (secondary N) is 1. The van der Waals surface area contributed by atoms with E-state index in [0.29, 0.717) is 18.8 Å². The molecule has 0 amide bonds. The topological polar surface area (TPSA) is 94.1 Å². The van der Waals surface area contributed by atoms with Gasteiger partial charge in [0.15, 0.2) is 0 Å². The summed E-state index contributed by atoms with van der Waals surface area (Å²) in [5.41, 5.74) is 8.01. The Balaban J connectivity index is 2.07. The van der Waals surface area contributed by atoms with Gasteiger partial charge in [0.25, 0.3) is 0 Å². The van der Waals surface area contributed by atoms with Crippen molar-refractivity contribution in [3.63, 3.8) is 0 Å². The largest absolute Gasteiger partial charge is 0.386 e. The minimum atomic E-state index is -0.500. The quantitative estimate of drug-likeness (QED) is 0.632. The van der Waals surface area contributed by atoms with Crippen LogP contribution < -0.4 is 11.1 Å². The maximum absolute atomic E-state index is 10.8. The Hall–Kier alpha value is -2.47. The lowest BCUT2D eigenvalue weighted by Gasteiger charge is -2.07. The minimum Gasteiger partial charge on any atom is -0.374 e. The summed E-state index contributed by atoms with van der Waals surface area (Å²) in [4.78, 5) is 14.0. The fraction of sp³-hybridized carbons (Fsp3) is 0.154. The number of pyridine rings is 1. The van der Waals surface area contributed by atoms with Crippen molar-refractivity contribution in [3.8, 4) is 0 Å². The number of nitrogens with two attached hydrogens (primary N) is 1. The molecular formula is C13H14N4O2. The summed E-state index contributed by atoms with van der Waals surface area (Å²) >= 11 is 0. The molecule has 0 atom stereocenters. The molecule has 0 spiro atoms. The van der Waals surface area contributed by atoms with Gasteiger partial charge in [0.05, 0.1) is 0 Å². The molecular weight excluding hydrogens is 244 g/mol. The summed E-state index contributed by atoms with van der Waals surface area (Å²) in [7, 11) is 0. The molecule has 0 aliphatic carbocycles. The molecule has 0 radical (unpaired) electrons. The van der Waals surface area contributed by atoms with Crippen molar-refractivity contribution >= 4 is 11.5 Å². The van der Waals surface area contributed by atoms with Gasteiger partial charge in [0, 0.05) is 13.1 Å². The molecule has 0 bridgehead atoms. The predicted octanol–water partition coefficient (Wildman–Crippen LogP) is 2.06. The maximum Gasteiger partial charge on any atom is 0.386 e. The van der Waals surface area contributed by atoms with Gasteiger partial charge in [0.2, 0.25) is 0 Å². The number of rotatable bonds is 5. The zero-order valence-electron chi connectivity index (χ0n) is 10.2. The van der Waals surface area contributed by atoms with E-state index in [1.165, 1.54) is 6.20 Å². The molecule has 0 fully saturated rings. The first kappa shape index (κ1) is 13.0. The van der Waals surface area contributed by atoms with Crippen LogP contribution in [0.1, 0.15) is 11.1 Å². The van der Waals surface area contributed by atoms with Crippen LogP contribution in [0, 0.1) is 10.1 Å². The van der Waals surface area contributed by atoms with Crippen molar-refractivity contribution in [1.82, 2.24) is 4.98 Å². The maximum atomic E-state index is 10.8. The fourth-order valence-corrected chi connectivity index (χ4v) is 1.67. The lowest BCUT2D eigenvalue weighted by molar-refractivity contribution is -0.388. The van der Waals surface area contributed by atoms with Crippen LogP contribution in [0.15, 0.2) is 42.6 Å². The fourth-order valence-electron chi connectivity index (χ4n) is 1.67. The average Bonchev–Trinajstić information content (AvgIpc) is 2.46. The molecule has 1 aromatic carbocycles. The Morgan fingerprint density at radius 3 is 2.53 bits per heavy atom. The summed E-state index contributed by atoms with van der Waals surface area (Å²) in [5, 5.41) is 13.8. The third kappa shape index (κ3) is 3.26. The van der Waals surface area contributed by atoms with E-state index in [1.807, 2.05) is 24.3 Å². The number of anilines is 1. The van der Waals surface area contributed by atoms with E-state index in [0.717, 1.165) is 11.1 Å². The monoisotopic (exact) mass is 258 g/mol. The summed E-state index contributed by atoms with van der Waals surface area (Å²) in [5.74, 6) is -0.166. The van der Waals surface area contributed by atoms with E-state index in [4.69, 9.17) is 5.73 Å². The second-order valence-corrected chi connectivity index (χ2v) is 4.01. The van der Waals surface area contributed by atoms with E-state index in [9.17, 15) is 10.1 Å². The van der Waals surface area contributed by atoms with Crippen LogP contribution >= 0.6 is 0 Å². The molecule has 2 rings (SSSR count). The molecule has 98 valence electrons. The van der Waals surface area contributed by atoms with Crippen LogP contribution in [0.25, 0.3) is 0 Å². The molecule has 6 nitrogen and oxygen atoms in total. The van der Waals surface area contributed by atoms with E-state index in [1.54, 1.807) is 12.1 Å². The van der Waals surface area contributed by atoms with Crippen molar-refractivity contribution in [2.45, 2.75) is 13.1 Å². The van der Waals surface area contributed by atoms with Gasteiger partial charge in [-0.3, -0.25) is 0 Å². The molecule has 3 N–H and O–H groups in total. The molecule has 6 heteroatoms. The predicted molar refractivity (Wildman–Crippen MR) is 72.6 cm³/mol. The zero-order chi connectivity index (χ0) is 13.7. The van der Waals surface area contributed by atoms with Gasteiger partial charge in [-0.2, -0.15) is 0 Å². The molecule has 0 aliphatic rings. The normalized spacial score (nSPS) is 10.2. The molecule has 0 aliphatic heterocycles. The second-order valence-electron chi connectivity index (χ2n) is 4.01. The number of hydrogen-bond acceptors (Lipinski definition) is 5. The first-order chi connectivity index (χ1) is 9.20. The molecule has 0 saturated heterocycles. The van der Waals surface area contributed by atoms with E-state index < -0.39 is 4.92 Å². The number of nitrogens with zero attached hydrogens (tertiary/aromatic N) is 2. The van der Waals surface area contributed by atoms with Crippen molar-refractivity contribution in [2.75, 3.05) is 5.32 Å². The first-order valence-electron chi connectivity index (χ1n) is 5.82. The summed E-state index contributed by atoms with van der Waals surface area (Å²) in [6.07, 6.45) is 1.40. The zero-order valence-corrected chi connectivity index (χ0v) is 10.2. The van der Waals surface area contributed by atoms with Crippen molar-refractivity contribution in [1.29, 1.82) is 0 Å². The molecule has 1 aromatic heterocycles. The highest BCUT2D eigenvalue weighted by molar-refractivity contribution is 5.56. The highest BCUT2D eigenvalue weighted by Crippen LogP contribution is 2.20. The van der Waals surface area contributed by atoms with Gasteiger partial charge in [-0.25, -0.2) is 0 Å². The summed E-state index contributed by atoms with van der Waals surface area (Å²) in [6.45, 7) is 0.999. The Morgan fingerprint density at radius 1 is 1.21 bits per heavy atom. The van der Waals surface area contributed by atoms with Gasteiger partial charge in [-0.1, -0.05) is 24.3 Å². The molecule has 2 aromatic rings. The standard InChI is InChI=1S/C13H14N4O2/c14-8-10-3-5-11(6-4-10)9-16-12-2-1-7-15-13(12)17(18)19/h1-7,16H,8-9,14H2. The molecule has 0 unspecified atom stereocenters. The second kappa shape index (κ2) is 5.92. The van der Waals surface area contributed by atoms with Crippen LogP contribution in [-0.2, 0) is 13.1 Å². The van der Waals surface area contributed by atoms with Crippen molar-refractivity contribution < 1.29 is 4.92 Å². The van der Waals surface area contributed by atoms with Crippen LogP contribution in [0.5, 0.6) is 0 Å². The summed E-state index contributed by atoms with van der Waals surface area (Å²) in [6, 6.07) is 11.1. The summed E-state index contributed by atoms with van der Waals surface area (Å²) < 4.78 is 0. The molecule has 1 heterocycles. The Morgan fingerprint density at radius 2 is 1.89 bits per heavy atom. The molecule has 19 heavy (non-hydrogen) atoms. The van der Waals surface area contributed by atoms with Gasteiger partial charge in [0.1, 0.15) is 11.9 Å².